The van der Waals surface area contributed by atoms with Crippen LogP contribution >= 0.6 is 0 Å². The number of guanidine groups is 1. The second-order valence-electron chi connectivity index (χ2n) is 6.47. The maximum absolute atomic E-state index is 13.2. The van der Waals surface area contributed by atoms with Gasteiger partial charge in [-0.05, 0) is 31.0 Å². The highest BCUT2D eigenvalue weighted by Gasteiger charge is 2.28. The number of nitrogens with zero attached hydrogens (tertiary/aromatic N) is 2. The Hall–Kier alpha value is -2.15. The molecule has 1 heterocycles. The van der Waals surface area contributed by atoms with Gasteiger partial charge in [0.15, 0.2) is 5.96 Å². The summed E-state index contributed by atoms with van der Waals surface area (Å²) >= 11 is 0. The van der Waals surface area contributed by atoms with Gasteiger partial charge in [0.25, 0.3) is 0 Å². The van der Waals surface area contributed by atoms with Gasteiger partial charge in [0, 0.05) is 33.1 Å². The quantitative estimate of drug-likeness (QED) is 0.599. The van der Waals surface area contributed by atoms with E-state index in [-0.39, 0.29) is 23.9 Å². The third-order valence-corrected chi connectivity index (χ3v) is 4.22. The molecule has 1 aromatic carbocycles. The number of carbonyl (C=O) groups is 1. The second kappa shape index (κ2) is 10.1. The van der Waals surface area contributed by atoms with Crippen molar-refractivity contribution in [3.05, 3.63) is 35.6 Å². The number of rotatable bonds is 6. The van der Waals surface area contributed by atoms with Crippen LogP contribution in [0, 0.1) is 5.82 Å². The highest BCUT2D eigenvalue weighted by atomic mass is 19.1. The number of benzene rings is 1. The minimum absolute atomic E-state index is 0.0187. The predicted octanol–water partition coefficient (Wildman–Crippen LogP) is 2.08. The molecule has 0 aromatic heterocycles. The number of aliphatic imine (C=N–C) groups is 1. The van der Waals surface area contributed by atoms with Crippen LogP contribution in [0.3, 0.4) is 0 Å². The van der Waals surface area contributed by atoms with Crippen molar-refractivity contribution in [2.45, 2.75) is 38.9 Å². The van der Waals surface area contributed by atoms with Crippen LogP contribution in [0.5, 0.6) is 0 Å². The van der Waals surface area contributed by atoms with Gasteiger partial charge in [0.1, 0.15) is 11.9 Å². The molecule has 2 atom stereocenters. The Morgan fingerprint density at radius 1 is 1.27 bits per heavy atom. The normalized spacial score (nSPS) is 20.8. The number of nitrogens with one attached hydrogen (secondary N) is 2. The summed E-state index contributed by atoms with van der Waals surface area (Å²) in [7, 11) is 1.73. The molecule has 2 N–H and O–H groups in total. The SMILES string of the molecule is CCCNC(=O)CCNC(=NC)N1CC(C)OC(c2ccc(F)cc2)C1. The summed E-state index contributed by atoms with van der Waals surface area (Å²) < 4.78 is 19.2. The first-order chi connectivity index (χ1) is 12.5. The molecule has 26 heavy (non-hydrogen) atoms. The average molecular weight is 364 g/mol. The van der Waals surface area contributed by atoms with E-state index in [9.17, 15) is 9.18 Å². The topological polar surface area (TPSA) is 66.0 Å². The molecule has 1 aliphatic rings. The van der Waals surface area contributed by atoms with E-state index in [1.807, 2.05) is 13.8 Å². The zero-order valence-electron chi connectivity index (χ0n) is 15.8. The molecule has 6 nitrogen and oxygen atoms in total. The molecule has 1 aliphatic heterocycles. The Morgan fingerprint density at radius 2 is 2.00 bits per heavy atom. The number of morpholine rings is 1. The zero-order chi connectivity index (χ0) is 18.9. The van der Waals surface area contributed by atoms with Crippen molar-refractivity contribution in [3.63, 3.8) is 0 Å². The summed E-state index contributed by atoms with van der Waals surface area (Å²) in [5, 5.41) is 6.11. The zero-order valence-corrected chi connectivity index (χ0v) is 15.8. The Bertz CT molecular complexity index is 606. The van der Waals surface area contributed by atoms with Gasteiger partial charge in [-0.3, -0.25) is 9.79 Å². The van der Waals surface area contributed by atoms with Gasteiger partial charge in [0.2, 0.25) is 5.91 Å². The van der Waals surface area contributed by atoms with E-state index < -0.39 is 0 Å². The fourth-order valence-corrected chi connectivity index (χ4v) is 2.96. The highest BCUT2D eigenvalue weighted by Crippen LogP contribution is 2.25. The fourth-order valence-electron chi connectivity index (χ4n) is 2.96. The van der Waals surface area contributed by atoms with Gasteiger partial charge in [-0.1, -0.05) is 19.1 Å². The lowest BCUT2D eigenvalue weighted by molar-refractivity contribution is -0.120. The number of amides is 1. The van der Waals surface area contributed by atoms with Crippen molar-refractivity contribution in [1.29, 1.82) is 0 Å². The van der Waals surface area contributed by atoms with Crippen LogP contribution in [0.1, 0.15) is 38.4 Å². The van der Waals surface area contributed by atoms with Gasteiger partial charge >= 0.3 is 0 Å². The second-order valence-corrected chi connectivity index (χ2v) is 6.47. The summed E-state index contributed by atoms with van der Waals surface area (Å²) in [6.07, 6.45) is 1.20. The van der Waals surface area contributed by atoms with E-state index in [1.165, 1.54) is 12.1 Å². The van der Waals surface area contributed by atoms with Gasteiger partial charge in [-0.2, -0.15) is 0 Å². The van der Waals surface area contributed by atoms with Crippen molar-refractivity contribution in [2.24, 2.45) is 4.99 Å². The third kappa shape index (κ3) is 5.98. The first-order valence-electron chi connectivity index (χ1n) is 9.16. The molecule has 144 valence electrons. The molecule has 0 aliphatic carbocycles. The van der Waals surface area contributed by atoms with Gasteiger partial charge in [-0.15, -0.1) is 0 Å². The molecular formula is C19H29FN4O2. The molecule has 7 heteroatoms. The summed E-state index contributed by atoms with van der Waals surface area (Å²) in [6.45, 7) is 6.59. The standard InChI is InChI=1S/C19H29FN4O2/c1-4-10-22-18(25)9-11-23-19(21-3)24-12-14(2)26-17(13-24)15-5-7-16(20)8-6-15/h5-8,14,17H,4,9-13H2,1-3H3,(H,21,23)(H,22,25). The van der Waals surface area contributed by atoms with Crippen LogP contribution in [0.15, 0.2) is 29.3 Å². The molecule has 1 amide bonds. The molecule has 0 radical (unpaired) electrons. The van der Waals surface area contributed by atoms with Crippen molar-refractivity contribution in [3.8, 4) is 0 Å². The Labute approximate surface area is 154 Å². The molecule has 2 unspecified atom stereocenters. The van der Waals surface area contributed by atoms with Crippen LogP contribution in [0.4, 0.5) is 4.39 Å². The molecule has 1 fully saturated rings. The number of carbonyl (C=O) groups excluding carboxylic acids is 1. The Morgan fingerprint density at radius 3 is 2.65 bits per heavy atom. The lowest BCUT2D eigenvalue weighted by Crippen LogP contribution is -2.51. The lowest BCUT2D eigenvalue weighted by Gasteiger charge is -2.38. The summed E-state index contributed by atoms with van der Waals surface area (Å²) in [5.41, 5.74) is 0.942. The lowest BCUT2D eigenvalue weighted by atomic mass is 10.1. The van der Waals surface area contributed by atoms with Crippen LogP contribution in [0.2, 0.25) is 0 Å². The van der Waals surface area contributed by atoms with Gasteiger partial charge in [-0.25, -0.2) is 4.39 Å². The molecule has 2 rings (SSSR count). The number of hydrogen-bond donors (Lipinski definition) is 2. The van der Waals surface area contributed by atoms with Crippen LogP contribution in [0.25, 0.3) is 0 Å². The Kier molecular flexibility index (Phi) is 7.84. The van der Waals surface area contributed by atoms with Crippen molar-refractivity contribution in [2.75, 3.05) is 33.2 Å². The Balaban J connectivity index is 1.92. The third-order valence-electron chi connectivity index (χ3n) is 4.22. The summed E-state index contributed by atoms with van der Waals surface area (Å²) in [5.74, 6) is 0.526. The van der Waals surface area contributed by atoms with Gasteiger partial charge in [0.05, 0.1) is 12.6 Å². The number of halogens is 1. The van der Waals surface area contributed by atoms with Crippen molar-refractivity contribution < 1.29 is 13.9 Å². The van der Waals surface area contributed by atoms with E-state index in [0.29, 0.717) is 32.6 Å². The molecule has 0 spiro atoms. The van der Waals surface area contributed by atoms with Crippen LogP contribution in [-0.4, -0.2) is 56.1 Å². The minimum Gasteiger partial charge on any atom is -0.367 e. The smallest absolute Gasteiger partial charge is 0.221 e. The molecule has 1 aromatic rings. The highest BCUT2D eigenvalue weighted by molar-refractivity contribution is 5.81. The van der Waals surface area contributed by atoms with Crippen molar-refractivity contribution in [1.82, 2.24) is 15.5 Å². The largest absolute Gasteiger partial charge is 0.367 e. The van der Waals surface area contributed by atoms with E-state index in [4.69, 9.17) is 4.74 Å². The van der Waals surface area contributed by atoms with Crippen LogP contribution < -0.4 is 10.6 Å². The maximum atomic E-state index is 13.2. The minimum atomic E-state index is -0.256. The predicted molar refractivity (Wildman–Crippen MR) is 101 cm³/mol. The maximum Gasteiger partial charge on any atom is 0.221 e. The average Bonchev–Trinajstić information content (AvgIpc) is 2.63. The van der Waals surface area contributed by atoms with E-state index >= 15 is 0 Å². The first-order valence-corrected chi connectivity index (χ1v) is 9.16. The van der Waals surface area contributed by atoms with Gasteiger partial charge < -0.3 is 20.3 Å². The van der Waals surface area contributed by atoms with Crippen LogP contribution in [-0.2, 0) is 9.53 Å². The molecular weight excluding hydrogens is 335 g/mol. The summed E-state index contributed by atoms with van der Waals surface area (Å²) in [6, 6.07) is 6.41. The molecule has 0 saturated carbocycles. The number of hydrogen-bond acceptors (Lipinski definition) is 3. The van der Waals surface area contributed by atoms with Crippen molar-refractivity contribution >= 4 is 11.9 Å². The van der Waals surface area contributed by atoms with E-state index in [0.717, 1.165) is 17.9 Å². The number of ether oxygens (including phenoxy) is 1. The molecule has 0 bridgehead atoms. The summed E-state index contributed by atoms with van der Waals surface area (Å²) in [4.78, 5) is 18.2. The van der Waals surface area contributed by atoms with E-state index in [2.05, 4.69) is 20.5 Å². The fraction of sp³-hybridized carbons (Fsp3) is 0.579. The monoisotopic (exact) mass is 364 g/mol. The molecule has 1 saturated heterocycles. The van der Waals surface area contributed by atoms with E-state index in [1.54, 1.807) is 19.2 Å². The first kappa shape index (κ1) is 20.2.